The van der Waals surface area contributed by atoms with Gasteiger partial charge < -0.3 is 10.2 Å². The third-order valence-electron chi connectivity index (χ3n) is 3.44. The van der Waals surface area contributed by atoms with E-state index < -0.39 is 5.82 Å². The fourth-order valence-electron chi connectivity index (χ4n) is 2.14. The van der Waals surface area contributed by atoms with Crippen LogP contribution < -0.4 is 10.2 Å². The molecule has 2 amide bonds. The standard InChI is InChI=1S/C18H19FN2O2/c1-13-7-9-15(10-8-13)11-20-18(23)12-21(14(2)22)17-6-4-3-5-16(17)19/h3-10H,11-12H2,1-2H3,(H,20,23). The fraction of sp³-hybridized carbons (Fsp3) is 0.222. The number of hydrogen-bond donors (Lipinski definition) is 1. The number of benzene rings is 2. The topological polar surface area (TPSA) is 49.4 Å². The first-order chi connectivity index (χ1) is 11.0. The van der Waals surface area contributed by atoms with Crippen LogP contribution in [-0.4, -0.2) is 18.4 Å². The van der Waals surface area contributed by atoms with Gasteiger partial charge in [-0.25, -0.2) is 4.39 Å². The second-order valence-electron chi connectivity index (χ2n) is 5.32. The van der Waals surface area contributed by atoms with Crippen LogP contribution in [0.5, 0.6) is 0 Å². The first-order valence-electron chi connectivity index (χ1n) is 7.32. The van der Waals surface area contributed by atoms with Crippen molar-refractivity contribution in [3.05, 3.63) is 65.5 Å². The zero-order valence-electron chi connectivity index (χ0n) is 13.2. The van der Waals surface area contributed by atoms with E-state index in [-0.39, 0.29) is 24.0 Å². The molecule has 0 radical (unpaired) electrons. The number of carbonyl (C=O) groups is 2. The van der Waals surface area contributed by atoms with Crippen LogP contribution in [0.25, 0.3) is 0 Å². The molecule has 120 valence electrons. The third kappa shape index (κ3) is 4.64. The van der Waals surface area contributed by atoms with Gasteiger partial charge in [-0.3, -0.25) is 9.59 Å². The van der Waals surface area contributed by atoms with Gasteiger partial charge >= 0.3 is 0 Å². The Morgan fingerprint density at radius 1 is 1.09 bits per heavy atom. The van der Waals surface area contributed by atoms with Crippen molar-refractivity contribution in [2.45, 2.75) is 20.4 Å². The summed E-state index contributed by atoms with van der Waals surface area (Å²) in [5, 5.41) is 2.74. The van der Waals surface area contributed by atoms with E-state index in [0.717, 1.165) is 16.0 Å². The molecule has 0 aliphatic rings. The molecule has 0 aliphatic heterocycles. The lowest BCUT2D eigenvalue weighted by Crippen LogP contribution is -2.40. The molecule has 5 heteroatoms. The summed E-state index contributed by atoms with van der Waals surface area (Å²) in [6, 6.07) is 13.7. The second kappa shape index (κ2) is 7.54. The molecule has 0 aromatic heterocycles. The molecule has 1 N–H and O–H groups in total. The van der Waals surface area contributed by atoms with E-state index in [2.05, 4.69) is 5.32 Å². The summed E-state index contributed by atoms with van der Waals surface area (Å²) in [6.07, 6.45) is 0. The molecule has 0 aliphatic carbocycles. The molecule has 2 rings (SSSR count). The first kappa shape index (κ1) is 16.7. The Labute approximate surface area is 134 Å². The molecule has 23 heavy (non-hydrogen) atoms. The Hall–Kier alpha value is -2.69. The van der Waals surface area contributed by atoms with E-state index in [1.54, 1.807) is 6.07 Å². The summed E-state index contributed by atoms with van der Waals surface area (Å²) in [5.74, 6) is -1.27. The molecule has 0 saturated carbocycles. The van der Waals surface area contributed by atoms with E-state index in [1.807, 2.05) is 31.2 Å². The van der Waals surface area contributed by atoms with Gasteiger partial charge in [0.25, 0.3) is 0 Å². The van der Waals surface area contributed by atoms with Crippen LogP contribution in [0.15, 0.2) is 48.5 Å². The van der Waals surface area contributed by atoms with Crippen LogP contribution in [0, 0.1) is 12.7 Å². The summed E-state index contributed by atoms with van der Waals surface area (Å²) < 4.78 is 13.8. The molecular weight excluding hydrogens is 295 g/mol. The van der Waals surface area contributed by atoms with Crippen LogP contribution in [-0.2, 0) is 16.1 Å². The van der Waals surface area contributed by atoms with Crippen LogP contribution >= 0.6 is 0 Å². The Bertz CT molecular complexity index is 698. The van der Waals surface area contributed by atoms with Gasteiger partial charge in [-0.1, -0.05) is 42.0 Å². The van der Waals surface area contributed by atoms with Gasteiger partial charge in [0.1, 0.15) is 12.4 Å². The number of para-hydroxylation sites is 1. The molecule has 2 aromatic rings. The van der Waals surface area contributed by atoms with Crippen LogP contribution in [0.2, 0.25) is 0 Å². The first-order valence-corrected chi connectivity index (χ1v) is 7.32. The number of amides is 2. The van der Waals surface area contributed by atoms with Gasteiger partial charge in [-0.2, -0.15) is 0 Å². The number of halogens is 1. The summed E-state index contributed by atoms with van der Waals surface area (Å²) in [7, 11) is 0. The molecule has 0 saturated heterocycles. The van der Waals surface area contributed by atoms with Crippen molar-refractivity contribution >= 4 is 17.5 Å². The minimum atomic E-state index is -0.533. The Kier molecular flexibility index (Phi) is 5.46. The molecule has 0 fully saturated rings. The number of nitrogens with one attached hydrogen (secondary N) is 1. The second-order valence-corrected chi connectivity index (χ2v) is 5.32. The predicted octanol–water partition coefficient (Wildman–Crippen LogP) is 2.80. The monoisotopic (exact) mass is 314 g/mol. The van der Waals surface area contributed by atoms with Gasteiger partial charge in [-0.05, 0) is 24.6 Å². The molecule has 2 aromatic carbocycles. The number of carbonyl (C=O) groups excluding carboxylic acids is 2. The van der Waals surface area contributed by atoms with Crippen molar-refractivity contribution in [3.8, 4) is 0 Å². The fourth-order valence-corrected chi connectivity index (χ4v) is 2.14. The Morgan fingerprint density at radius 2 is 1.74 bits per heavy atom. The van der Waals surface area contributed by atoms with Crippen LogP contribution in [0.3, 0.4) is 0 Å². The van der Waals surface area contributed by atoms with E-state index in [9.17, 15) is 14.0 Å². The van der Waals surface area contributed by atoms with Crippen LogP contribution in [0.4, 0.5) is 10.1 Å². The molecule has 0 heterocycles. The third-order valence-corrected chi connectivity index (χ3v) is 3.44. The van der Waals surface area contributed by atoms with Gasteiger partial charge in [0.15, 0.2) is 0 Å². The van der Waals surface area contributed by atoms with Crippen molar-refractivity contribution in [2.24, 2.45) is 0 Å². The minimum absolute atomic E-state index is 0.102. The van der Waals surface area contributed by atoms with Crippen LogP contribution in [0.1, 0.15) is 18.1 Å². The zero-order valence-corrected chi connectivity index (χ0v) is 13.2. The minimum Gasteiger partial charge on any atom is -0.350 e. The quantitative estimate of drug-likeness (QED) is 0.922. The smallest absolute Gasteiger partial charge is 0.240 e. The average Bonchev–Trinajstić information content (AvgIpc) is 2.52. The van der Waals surface area contributed by atoms with Gasteiger partial charge in [-0.15, -0.1) is 0 Å². The summed E-state index contributed by atoms with van der Waals surface area (Å²) in [5.41, 5.74) is 2.21. The molecule has 0 bridgehead atoms. The van der Waals surface area contributed by atoms with Gasteiger partial charge in [0.2, 0.25) is 11.8 Å². The lowest BCUT2D eigenvalue weighted by atomic mass is 10.1. The maximum Gasteiger partial charge on any atom is 0.240 e. The molecule has 0 unspecified atom stereocenters. The van der Waals surface area contributed by atoms with Crippen molar-refractivity contribution in [3.63, 3.8) is 0 Å². The van der Waals surface area contributed by atoms with Crippen molar-refractivity contribution < 1.29 is 14.0 Å². The highest BCUT2D eigenvalue weighted by Crippen LogP contribution is 2.18. The Morgan fingerprint density at radius 3 is 2.35 bits per heavy atom. The summed E-state index contributed by atoms with van der Waals surface area (Å²) in [6.45, 7) is 3.44. The highest BCUT2D eigenvalue weighted by molar-refractivity contribution is 5.97. The number of rotatable bonds is 5. The zero-order chi connectivity index (χ0) is 16.8. The number of nitrogens with zero attached hydrogens (tertiary/aromatic N) is 1. The molecule has 0 atom stereocenters. The summed E-state index contributed by atoms with van der Waals surface area (Å²) in [4.78, 5) is 24.9. The van der Waals surface area contributed by atoms with Gasteiger partial charge in [0, 0.05) is 13.5 Å². The number of aryl methyl sites for hydroxylation is 1. The van der Waals surface area contributed by atoms with Crippen molar-refractivity contribution in [2.75, 3.05) is 11.4 Å². The van der Waals surface area contributed by atoms with E-state index in [0.29, 0.717) is 6.54 Å². The maximum absolute atomic E-state index is 13.8. The summed E-state index contributed by atoms with van der Waals surface area (Å²) >= 11 is 0. The highest BCUT2D eigenvalue weighted by Gasteiger charge is 2.18. The SMILES string of the molecule is CC(=O)N(CC(=O)NCc1ccc(C)cc1)c1ccccc1F. The lowest BCUT2D eigenvalue weighted by molar-refractivity contribution is -0.123. The lowest BCUT2D eigenvalue weighted by Gasteiger charge is -2.21. The highest BCUT2D eigenvalue weighted by atomic mass is 19.1. The average molecular weight is 314 g/mol. The molecule has 0 spiro atoms. The van der Waals surface area contributed by atoms with E-state index in [4.69, 9.17) is 0 Å². The molecule has 4 nitrogen and oxygen atoms in total. The van der Waals surface area contributed by atoms with E-state index >= 15 is 0 Å². The number of hydrogen-bond acceptors (Lipinski definition) is 2. The predicted molar refractivity (Wildman–Crippen MR) is 87.5 cm³/mol. The molecular formula is C18H19FN2O2. The largest absolute Gasteiger partial charge is 0.350 e. The Balaban J connectivity index is 2.00. The maximum atomic E-state index is 13.8. The van der Waals surface area contributed by atoms with Gasteiger partial charge in [0.05, 0.1) is 5.69 Å². The van der Waals surface area contributed by atoms with Crippen molar-refractivity contribution in [1.29, 1.82) is 0 Å². The normalized spacial score (nSPS) is 10.2. The van der Waals surface area contributed by atoms with Crippen molar-refractivity contribution in [1.82, 2.24) is 5.32 Å². The van der Waals surface area contributed by atoms with E-state index in [1.165, 1.54) is 25.1 Å². The number of anilines is 1.